The Kier molecular flexibility index (Phi) is 8.66. The van der Waals surface area contributed by atoms with Crippen LogP contribution in [0.15, 0.2) is 26.1 Å². The summed E-state index contributed by atoms with van der Waals surface area (Å²) in [6.07, 6.45) is 6.38. The summed E-state index contributed by atoms with van der Waals surface area (Å²) in [5, 5.41) is 14.3. The van der Waals surface area contributed by atoms with E-state index in [0.29, 0.717) is 16.8 Å². The van der Waals surface area contributed by atoms with E-state index in [2.05, 4.69) is 31.4 Å². The molecule has 1 saturated heterocycles. The number of rotatable bonds is 6. The molecule has 0 aliphatic carbocycles. The van der Waals surface area contributed by atoms with Crippen LogP contribution in [0.2, 0.25) is 0 Å². The molecule has 2 rings (SSSR count). The smallest absolute Gasteiger partial charge is 0.401 e. The number of hydrazone groups is 1. The SMILES string of the molecule is Cl.O=C(CN1CCCCC1)N/N=C/C(Br)=C/c1ccc([N+](=O)[O-])o1. The minimum absolute atomic E-state index is 0. The van der Waals surface area contributed by atoms with Crippen molar-refractivity contribution in [3.05, 3.63) is 32.5 Å². The zero-order valence-corrected chi connectivity index (χ0v) is 15.2. The maximum Gasteiger partial charge on any atom is 0.433 e. The van der Waals surface area contributed by atoms with Crippen LogP contribution in [0.25, 0.3) is 6.08 Å². The molecular formula is C14H18BrClN4O4. The van der Waals surface area contributed by atoms with Gasteiger partial charge in [-0.05, 0) is 54.0 Å². The van der Waals surface area contributed by atoms with E-state index in [1.54, 1.807) is 0 Å². The van der Waals surface area contributed by atoms with Crippen molar-refractivity contribution in [3.63, 3.8) is 0 Å². The lowest BCUT2D eigenvalue weighted by atomic mass is 10.1. The number of hydrogen-bond donors (Lipinski definition) is 1. The Bertz CT molecular complexity index is 626. The molecule has 1 fully saturated rings. The Morgan fingerprint density at radius 1 is 1.42 bits per heavy atom. The molecule has 1 aromatic heterocycles. The quantitative estimate of drug-likeness (QED) is 0.432. The third-order valence-corrected chi connectivity index (χ3v) is 3.70. The minimum Gasteiger partial charge on any atom is -0.401 e. The molecule has 1 N–H and O–H groups in total. The summed E-state index contributed by atoms with van der Waals surface area (Å²) in [7, 11) is 0. The van der Waals surface area contributed by atoms with E-state index in [9.17, 15) is 14.9 Å². The van der Waals surface area contributed by atoms with Crippen LogP contribution in [-0.4, -0.2) is 41.6 Å². The summed E-state index contributed by atoms with van der Waals surface area (Å²) in [6.45, 7) is 2.22. The molecule has 0 atom stereocenters. The largest absolute Gasteiger partial charge is 0.433 e. The Labute approximate surface area is 153 Å². The van der Waals surface area contributed by atoms with Crippen LogP contribution in [0.1, 0.15) is 25.0 Å². The second-order valence-electron chi connectivity index (χ2n) is 5.09. The molecule has 0 saturated carbocycles. The van der Waals surface area contributed by atoms with Gasteiger partial charge in [-0.3, -0.25) is 19.8 Å². The Morgan fingerprint density at radius 3 is 2.75 bits per heavy atom. The first-order valence-corrected chi connectivity index (χ1v) is 7.99. The van der Waals surface area contributed by atoms with Crippen LogP contribution < -0.4 is 5.43 Å². The maximum absolute atomic E-state index is 11.7. The highest BCUT2D eigenvalue weighted by molar-refractivity contribution is 9.12. The highest BCUT2D eigenvalue weighted by Crippen LogP contribution is 2.19. The molecular weight excluding hydrogens is 404 g/mol. The predicted octanol–water partition coefficient (Wildman–Crippen LogP) is 2.93. The number of nitro groups is 1. The monoisotopic (exact) mass is 420 g/mol. The number of carbonyl (C=O) groups excluding carboxylic acids is 1. The van der Waals surface area contributed by atoms with E-state index in [1.165, 1.54) is 30.8 Å². The van der Waals surface area contributed by atoms with Crippen molar-refractivity contribution in [2.24, 2.45) is 5.10 Å². The summed E-state index contributed by atoms with van der Waals surface area (Å²) >= 11 is 3.23. The number of piperidine rings is 1. The van der Waals surface area contributed by atoms with Crippen LogP contribution in [0.4, 0.5) is 5.88 Å². The van der Waals surface area contributed by atoms with Crippen LogP contribution >= 0.6 is 28.3 Å². The zero-order valence-electron chi connectivity index (χ0n) is 12.8. The minimum atomic E-state index is -0.611. The fourth-order valence-corrected chi connectivity index (χ4v) is 2.54. The number of halogens is 2. The summed E-state index contributed by atoms with van der Waals surface area (Å²) in [6, 6.07) is 2.74. The van der Waals surface area contributed by atoms with Gasteiger partial charge >= 0.3 is 5.88 Å². The topological polar surface area (TPSA) is 101 Å². The molecule has 0 unspecified atom stereocenters. The zero-order chi connectivity index (χ0) is 16.7. The van der Waals surface area contributed by atoms with E-state index >= 15 is 0 Å². The molecule has 1 aliphatic heterocycles. The van der Waals surface area contributed by atoms with E-state index in [1.807, 2.05) is 0 Å². The van der Waals surface area contributed by atoms with Crippen molar-refractivity contribution in [3.8, 4) is 0 Å². The van der Waals surface area contributed by atoms with Crippen molar-refractivity contribution in [1.29, 1.82) is 0 Å². The first-order valence-electron chi connectivity index (χ1n) is 7.20. The first-order chi connectivity index (χ1) is 11.0. The number of likely N-dealkylation sites (tertiary alicyclic amines) is 1. The number of hydrogen-bond acceptors (Lipinski definition) is 6. The molecule has 0 aromatic carbocycles. The van der Waals surface area contributed by atoms with E-state index < -0.39 is 4.92 Å². The summed E-state index contributed by atoms with van der Waals surface area (Å²) in [4.78, 5) is 23.7. The normalized spacial score (nSPS) is 16.0. The number of carbonyl (C=O) groups is 1. The molecule has 0 radical (unpaired) electrons. The van der Waals surface area contributed by atoms with Crippen molar-refractivity contribution in [1.82, 2.24) is 10.3 Å². The van der Waals surface area contributed by atoms with E-state index in [0.717, 1.165) is 25.9 Å². The van der Waals surface area contributed by atoms with E-state index in [4.69, 9.17) is 4.42 Å². The molecule has 0 spiro atoms. The van der Waals surface area contributed by atoms with Crippen LogP contribution in [0.5, 0.6) is 0 Å². The van der Waals surface area contributed by atoms with E-state index in [-0.39, 0.29) is 24.2 Å². The number of allylic oxidation sites excluding steroid dienone is 1. The average molecular weight is 422 g/mol. The molecule has 0 bridgehead atoms. The molecule has 10 heteroatoms. The van der Waals surface area contributed by atoms with Crippen LogP contribution in [-0.2, 0) is 4.79 Å². The van der Waals surface area contributed by atoms with Gasteiger partial charge in [-0.1, -0.05) is 6.42 Å². The lowest BCUT2D eigenvalue weighted by Crippen LogP contribution is -2.38. The number of nitrogens with one attached hydrogen (secondary N) is 1. The van der Waals surface area contributed by atoms with Crippen LogP contribution in [0, 0.1) is 10.1 Å². The van der Waals surface area contributed by atoms with Gasteiger partial charge in [-0.2, -0.15) is 5.10 Å². The Morgan fingerprint density at radius 2 is 2.12 bits per heavy atom. The van der Waals surface area contributed by atoms with Gasteiger partial charge in [0.2, 0.25) is 0 Å². The van der Waals surface area contributed by atoms with Crippen molar-refractivity contribution in [2.75, 3.05) is 19.6 Å². The molecule has 8 nitrogen and oxygen atoms in total. The first kappa shape index (κ1) is 20.3. The second kappa shape index (κ2) is 10.2. The summed E-state index contributed by atoms with van der Waals surface area (Å²) in [5.74, 6) is -0.185. The molecule has 1 amide bonds. The lowest BCUT2D eigenvalue weighted by Gasteiger charge is -2.25. The van der Waals surface area contributed by atoms with Crippen molar-refractivity contribution >= 4 is 52.4 Å². The Hall–Kier alpha value is -1.71. The van der Waals surface area contributed by atoms with Crippen molar-refractivity contribution < 1.29 is 14.1 Å². The van der Waals surface area contributed by atoms with Gasteiger partial charge in [0.1, 0.15) is 10.7 Å². The molecule has 1 aromatic rings. The molecule has 1 aliphatic rings. The molecule has 24 heavy (non-hydrogen) atoms. The van der Waals surface area contributed by atoms with Crippen molar-refractivity contribution in [2.45, 2.75) is 19.3 Å². The number of nitrogens with zero attached hydrogens (tertiary/aromatic N) is 3. The third-order valence-electron chi connectivity index (χ3n) is 3.27. The highest BCUT2D eigenvalue weighted by Gasteiger charge is 2.13. The molecule has 2 heterocycles. The van der Waals surface area contributed by atoms with Gasteiger partial charge in [0.05, 0.1) is 18.8 Å². The van der Waals surface area contributed by atoms with Gasteiger partial charge in [0.25, 0.3) is 5.91 Å². The summed E-state index contributed by atoms with van der Waals surface area (Å²) in [5.41, 5.74) is 2.45. The summed E-state index contributed by atoms with van der Waals surface area (Å²) < 4.78 is 5.50. The predicted molar refractivity (Wildman–Crippen MR) is 96.4 cm³/mol. The average Bonchev–Trinajstić information content (AvgIpc) is 2.97. The Balaban J connectivity index is 0.00000288. The fraction of sp³-hybridized carbons (Fsp3) is 0.429. The van der Waals surface area contributed by atoms with Crippen LogP contribution in [0.3, 0.4) is 0 Å². The van der Waals surface area contributed by atoms with Gasteiger partial charge in [-0.25, -0.2) is 5.43 Å². The maximum atomic E-state index is 11.7. The fourth-order valence-electron chi connectivity index (χ4n) is 2.21. The van der Waals surface area contributed by atoms with Gasteiger partial charge in [0.15, 0.2) is 0 Å². The lowest BCUT2D eigenvalue weighted by molar-refractivity contribution is -0.402. The van der Waals surface area contributed by atoms with Gasteiger partial charge in [-0.15, -0.1) is 12.4 Å². The molecule has 132 valence electrons. The number of furan rings is 1. The van der Waals surface area contributed by atoms with Gasteiger partial charge < -0.3 is 4.42 Å². The third kappa shape index (κ3) is 6.81. The second-order valence-corrected chi connectivity index (χ2v) is 6.01. The van der Waals surface area contributed by atoms with Gasteiger partial charge in [0, 0.05) is 4.48 Å². The standard InChI is InChI=1S/C14H17BrN4O4.ClH/c15-11(8-12-4-5-14(23-12)19(21)22)9-16-17-13(20)10-18-6-2-1-3-7-18;/h4-5,8-9H,1-3,6-7,10H2,(H,17,20);1H/b11-8-,16-9+;. The number of amides is 1. The highest BCUT2D eigenvalue weighted by atomic mass is 79.9.